The Hall–Kier alpha value is -0.570. The molecule has 0 aromatic heterocycles. The van der Waals surface area contributed by atoms with E-state index in [4.69, 9.17) is 10.5 Å². The van der Waals surface area contributed by atoms with Crippen LogP contribution in [0, 0.1) is 11.8 Å². The van der Waals surface area contributed by atoms with Crippen molar-refractivity contribution in [3.8, 4) is 0 Å². The molecule has 3 heteroatoms. The second kappa shape index (κ2) is 7.69. The molecule has 15 heavy (non-hydrogen) atoms. The maximum absolute atomic E-state index is 11.5. The van der Waals surface area contributed by atoms with Crippen molar-refractivity contribution in [2.24, 2.45) is 17.6 Å². The maximum Gasteiger partial charge on any atom is 0.323 e. The lowest BCUT2D eigenvalue weighted by molar-refractivity contribution is -0.147. The van der Waals surface area contributed by atoms with Gasteiger partial charge in [-0.15, -0.1) is 0 Å². The average Bonchev–Trinajstić information content (AvgIpc) is 2.24. The van der Waals surface area contributed by atoms with Crippen LogP contribution in [0.2, 0.25) is 0 Å². The molecule has 90 valence electrons. The first-order valence-corrected chi connectivity index (χ1v) is 5.95. The number of rotatable bonds is 7. The van der Waals surface area contributed by atoms with Crippen LogP contribution < -0.4 is 5.73 Å². The summed E-state index contributed by atoms with van der Waals surface area (Å²) in [6.07, 6.45) is 3.11. The van der Waals surface area contributed by atoms with Crippen molar-refractivity contribution in [2.45, 2.75) is 53.0 Å². The van der Waals surface area contributed by atoms with Gasteiger partial charge in [-0.1, -0.05) is 40.5 Å². The molecule has 0 aromatic rings. The molecule has 0 aromatic carbocycles. The van der Waals surface area contributed by atoms with Crippen LogP contribution in [0.1, 0.15) is 47.0 Å². The Bertz CT molecular complexity index is 182. The van der Waals surface area contributed by atoms with Gasteiger partial charge in [0.15, 0.2) is 0 Å². The summed E-state index contributed by atoms with van der Waals surface area (Å²) in [7, 11) is 0. The van der Waals surface area contributed by atoms with Crippen molar-refractivity contribution >= 4 is 5.97 Å². The molecule has 0 radical (unpaired) electrons. The molecule has 3 atom stereocenters. The number of nitrogens with two attached hydrogens (primary N) is 1. The molecule has 0 amide bonds. The molecular formula is C12H25NO2. The van der Waals surface area contributed by atoms with Crippen LogP contribution in [0.15, 0.2) is 0 Å². The Morgan fingerprint density at radius 3 is 2.40 bits per heavy atom. The summed E-state index contributed by atoms with van der Waals surface area (Å²) < 4.78 is 5.18. The smallest absolute Gasteiger partial charge is 0.323 e. The van der Waals surface area contributed by atoms with Crippen LogP contribution >= 0.6 is 0 Å². The van der Waals surface area contributed by atoms with Gasteiger partial charge in [-0.05, 0) is 18.3 Å². The van der Waals surface area contributed by atoms with Crippen molar-refractivity contribution < 1.29 is 9.53 Å². The second-order valence-electron chi connectivity index (χ2n) is 4.44. The summed E-state index contributed by atoms with van der Waals surface area (Å²) in [5.41, 5.74) is 5.76. The summed E-state index contributed by atoms with van der Waals surface area (Å²) in [6, 6.07) is -0.469. The summed E-state index contributed by atoms with van der Waals surface area (Å²) in [5.74, 6) is 0.370. The van der Waals surface area contributed by atoms with E-state index in [9.17, 15) is 4.79 Å². The van der Waals surface area contributed by atoms with E-state index < -0.39 is 6.04 Å². The zero-order chi connectivity index (χ0) is 11.8. The molecule has 2 unspecified atom stereocenters. The van der Waals surface area contributed by atoms with E-state index in [1.165, 1.54) is 0 Å². The van der Waals surface area contributed by atoms with Crippen LogP contribution in [0.25, 0.3) is 0 Å². The fourth-order valence-electron chi connectivity index (χ4n) is 1.38. The molecule has 0 aliphatic rings. The highest BCUT2D eigenvalue weighted by Crippen LogP contribution is 2.09. The summed E-state index contributed by atoms with van der Waals surface area (Å²) in [5, 5.41) is 0. The van der Waals surface area contributed by atoms with Gasteiger partial charge in [0.05, 0.1) is 6.61 Å². The van der Waals surface area contributed by atoms with Crippen LogP contribution in [0.3, 0.4) is 0 Å². The van der Waals surface area contributed by atoms with E-state index in [1.807, 2.05) is 13.8 Å². The summed E-state index contributed by atoms with van der Waals surface area (Å²) in [6.45, 7) is 8.71. The van der Waals surface area contributed by atoms with Crippen molar-refractivity contribution in [3.63, 3.8) is 0 Å². The molecule has 0 saturated heterocycles. The Labute approximate surface area is 93.4 Å². The summed E-state index contributed by atoms with van der Waals surface area (Å²) in [4.78, 5) is 11.5. The van der Waals surface area contributed by atoms with Gasteiger partial charge in [0.25, 0.3) is 0 Å². The van der Waals surface area contributed by atoms with Gasteiger partial charge in [0.2, 0.25) is 0 Å². The Kier molecular flexibility index (Phi) is 7.39. The van der Waals surface area contributed by atoms with Gasteiger partial charge in [0, 0.05) is 0 Å². The zero-order valence-corrected chi connectivity index (χ0v) is 10.5. The standard InChI is InChI=1S/C12H25NO2/c1-5-7-9(3)8-15-12(14)11(13)10(4)6-2/h9-11H,5-8,13H2,1-4H3/t9?,10?,11-/m0/s1. The van der Waals surface area contributed by atoms with E-state index in [2.05, 4.69) is 13.8 Å². The third-order valence-corrected chi connectivity index (χ3v) is 2.82. The highest BCUT2D eigenvalue weighted by atomic mass is 16.5. The molecule has 0 spiro atoms. The predicted molar refractivity (Wildman–Crippen MR) is 62.5 cm³/mol. The van der Waals surface area contributed by atoms with Crippen molar-refractivity contribution in [1.82, 2.24) is 0 Å². The molecule has 0 aliphatic heterocycles. The minimum atomic E-state index is -0.469. The number of ether oxygens (including phenoxy) is 1. The SMILES string of the molecule is CCCC(C)COC(=O)[C@@H](N)C(C)CC. The molecule has 0 bridgehead atoms. The van der Waals surface area contributed by atoms with E-state index in [0.717, 1.165) is 19.3 Å². The zero-order valence-electron chi connectivity index (χ0n) is 10.5. The lowest BCUT2D eigenvalue weighted by atomic mass is 10.0. The quantitative estimate of drug-likeness (QED) is 0.663. The topological polar surface area (TPSA) is 52.3 Å². The molecule has 0 aliphatic carbocycles. The van der Waals surface area contributed by atoms with E-state index in [-0.39, 0.29) is 11.9 Å². The van der Waals surface area contributed by atoms with E-state index >= 15 is 0 Å². The van der Waals surface area contributed by atoms with E-state index in [1.54, 1.807) is 0 Å². The Balaban J connectivity index is 3.82. The molecular weight excluding hydrogens is 190 g/mol. The van der Waals surface area contributed by atoms with Gasteiger partial charge in [-0.2, -0.15) is 0 Å². The number of esters is 1. The minimum absolute atomic E-state index is 0.194. The first kappa shape index (κ1) is 14.4. The highest BCUT2D eigenvalue weighted by molar-refractivity contribution is 5.75. The monoisotopic (exact) mass is 215 g/mol. The molecule has 0 rings (SSSR count). The third kappa shape index (κ3) is 5.78. The highest BCUT2D eigenvalue weighted by Gasteiger charge is 2.21. The van der Waals surface area contributed by atoms with Crippen LogP contribution in [0.5, 0.6) is 0 Å². The van der Waals surface area contributed by atoms with Gasteiger partial charge in [0.1, 0.15) is 6.04 Å². The number of hydrogen-bond acceptors (Lipinski definition) is 3. The van der Waals surface area contributed by atoms with Crippen LogP contribution in [-0.2, 0) is 9.53 Å². The lowest BCUT2D eigenvalue weighted by Crippen LogP contribution is -2.38. The lowest BCUT2D eigenvalue weighted by Gasteiger charge is -2.18. The van der Waals surface area contributed by atoms with Gasteiger partial charge >= 0.3 is 5.97 Å². The van der Waals surface area contributed by atoms with Gasteiger partial charge in [-0.3, -0.25) is 4.79 Å². The average molecular weight is 215 g/mol. The van der Waals surface area contributed by atoms with E-state index in [0.29, 0.717) is 12.5 Å². The number of carbonyl (C=O) groups is 1. The largest absolute Gasteiger partial charge is 0.464 e. The minimum Gasteiger partial charge on any atom is -0.464 e. The first-order valence-electron chi connectivity index (χ1n) is 5.95. The van der Waals surface area contributed by atoms with Crippen molar-refractivity contribution in [2.75, 3.05) is 6.61 Å². The number of hydrogen-bond donors (Lipinski definition) is 1. The maximum atomic E-state index is 11.5. The van der Waals surface area contributed by atoms with Gasteiger partial charge in [-0.25, -0.2) is 0 Å². The fourth-order valence-corrected chi connectivity index (χ4v) is 1.38. The summed E-state index contributed by atoms with van der Waals surface area (Å²) >= 11 is 0. The Morgan fingerprint density at radius 2 is 1.93 bits per heavy atom. The Morgan fingerprint density at radius 1 is 1.33 bits per heavy atom. The predicted octanol–water partition coefficient (Wildman–Crippen LogP) is 2.34. The normalized spacial score (nSPS) is 16.9. The fraction of sp³-hybridized carbons (Fsp3) is 0.917. The van der Waals surface area contributed by atoms with Crippen molar-refractivity contribution in [1.29, 1.82) is 0 Å². The molecule has 2 N–H and O–H groups in total. The van der Waals surface area contributed by atoms with Crippen LogP contribution in [-0.4, -0.2) is 18.6 Å². The van der Waals surface area contributed by atoms with Crippen LogP contribution in [0.4, 0.5) is 0 Å². The van der Waals surface area contributed by atoms with Crippen molar-refractivity contribution in [3.05, 3.63) is 0 Å². The first-order chi connectivity index (χ1) is 7.02. The molecule has 0 heterocycles. The van der Waals surface area contributed by atoms with Gasteiger partial charge < -0.3 is 10.5 Å². The molecule has 0 saturated carbocycles. The molecule has 3 nitrogen and oxygen atoms in total. The third-order valence-electron chi connectivity index (χ3n) is 2.82. The number of carbonyl (C=O) groups excluding carboxylic acids is 1. The molecule has 0 fully saturated rings. The second-order valence-corrected chi connectivity index (χ2v) is 4.44.